The summed E-state index contributed by atoms with van der Waals surface area (Å²) in [5.74, 6) is 2.27. The summed E-state index contributed by atoms with van der Waals surface area (Å²) >= 11 is 6.15. The van der Waals surface area contributed by atoms with Crippen molar-refractivity contribution >= 4 is 33.8 Å². The number of rotatable bonds is 6. The van der Waals surface area contributed by atoms with Crippen LogP contribution in [0.5, 0.6) is 17.2 Å². The molecule has 4 aromatic carbocycles. The molecule has 0 N–H and O–H groups in total. The predicted octanol–water partition coefficient (Wildman–Crippen LogP) is 6.69. The smallest absolute Gasteiger partial charge is 0.128 e. The van der Waals surface area contributed by atoms with E-state index in [0.717, 1.165) is 50.5 Å². The molecule has 0 fully saturated rings. The van der Waals surface area contributed by atoms with Crippen LogP contribution in [0.4, 0.5) is 5.69 Å². The zero-order valence-electron chi connectivity index (χ0n) is 17.6. The fraction of sp³-hybridized carbons (Fsp3) is 0.115. The maximum atomic E-state index is 6.15. The van der Waals surface area contributed by atoms with Crippen LogP contribution in [-0.2, 0) is 0 Å². The van der Waals surface area contributed by atoms with E-state index in [1.54, 1.807) is 21.3 Å². The number of fused-ring (bicyclic) bond motifs is 1. The van der Waals surface area contributed by atoms with E-state index in [1.165, 1.54) is 0 Å². The molecule has 0 atom stereocenters. The lowest BCUT2D eigenvalue weighted by Crippen LogP contribution is -2.07. The Balaban J connectivity index is 2.01. The summed E-state index contributed by atoms with van der Waals surface area (Å²) in [6.07, 6.45) is 0. The molecule has 4 nitrogen and oxygen atoms in total. The topological polar surface area (TPSA) is 40.0 Å². The Labute approximate surface area is 186 Å². The molecule has 156 valence electrons. The molecule has 0 aliphatic carbocycles. The molecule has 0 aliphatic heterocycles. The number of hydrogen-bond acceptors (Lipinski definition) is 4. The molecular formula is C26H22ClNO3. The maximum Gasteiger partial charge on any atom is 0.128 e. The second kappa shape index (κ2) is 9.11. The quantitative estimate of drug-likeness (QED) is 0.319. The average molecular weight is 432 g/mol. The molecule has 0 aliphatic rings. The zero-order chi connectivity index (χ0) is 21.8. The Hall–Kier alpha value is -3.50. The van der Waals surface area contributed by atoms with Gasteiger partial charge in [-0.05, 0) is 65.4 Å². The van der Waals surface area contributed by atoms with Gasteiger partial charge < -0.3 is 14.2 Å². The van der Waals surface area contributed by atoms with Gasteiger partial charge >= 0.3 is 0 Å². The number of aliphatic imine (C=N–C) groups is 1. The van der Waals surface area contributed by atoms with Crippen LogP contribution in [0.3, 0.4) is 0 Å². The first-order valence-electron chi connectivity index (χ1n) is 9.76. The maximum absolute atomic E-state index is 6.15. The van der Waals surface area contributed by atoms with Crippen molar-refractivity contribution in [1.29, 1.82) is 0 Å². The summed E-state index contributed by atoms with van der Waals surface area (Å²) in [5, 5.41) is 2.72. The standard InChI is InChI=1S/C26H22ClNO3/c1-29-21-13-10-20(11-14-21)28-26(18-4-8-19(27)9-5-18)25-23-16-22(30-2)12-6-17(23)7-15-24(25)31-3/h4-16H,1-3H3. The highest BCUT2D eigenvalue weighted by atomic mass is 35.5. The van der Waals surface area contributed by atoms with Crippen molar-refractivity contribution in [3.05, 3.63) is 95.0 Å². The second-order valence-electron chi connectivity index (χ2n) is 6.90. The third kappa shape index (κ3) is 4.35. The molecule has 0 saturated heterocycles. The Bertz CT molecular complexity index is 1230. The van der Waals surface area contributed by atoms with E-state index in [0.29, 0.717) is 5.02 Å². The van der Waals surface area contributed by atoms with Crippen molar-refractivity contribution in [2.75, 3.05) is 21.3 Å². The molecule has 0 radical (unpaired) electrons. The fourth-order valence-corrected chi connectivity index (χ4v) is 3.60. The summed E-state index contributed by atoms with van der Waals surface area (Å²) in [5.41, 5.74) is 3.39. The number of nitrogens with zero attached hydrogens (tertiary/aromatic N) is 1. The molecular weight excluding hydrogens is 410 g/mol. The lowest BCUT2D eigenvalue weighted by Gasteiger charge is -2.16. The molecule has 0 bridgehead atoms. The van der Waals surface area contributed by atoms with Gasteiger partial charge in [0.1, 0.15) is 17.2 Å². The molecule has 0 spiro atoms. The first kappa shape index (κ1) is 20.8. The molecule has 0 unspecified atom stereocenters. The average Bonchev–Trinajstić information content (AvgIpc) is 2.82. The van der Waals surface area contributed by atoms with Gasteiger partial charge in [-0.15, -0.1) is 0 Å². The van der Waals surface area contributed by atoms with Crippen LogP contribution in [-0.4, -0.2) is 27.0 Å². The fourth-order valence-electron chi connectivity index (χ4n) is 3.48. The highest BCUT2D eigenvalue weighted by Gasteiger charge is 2.18. The molecule has 4 aromatic rings. The van der Waals surface area contributed by atoms with E-state index in [1.807, 2.05) is 78.9 Å². The van der Waals surface area contributed by atoms with Crippen molar-refractivity contribution in [2.45, 2.75) is 0 Å². The van der Waals surface area contributed by atoms with Gasteiger partial charge in [0.2, 0.25) is 0 Å². The minimum absolute atomic E-state index is 0.666. The number of halogens is 1. The molecule has 0 heterocycles. The van der Waals surface area contributed by atoms with Crippen molar-refractivity contribution in [1.82, 2.24) is 0 Å². The highest BCUT2D eigenvalue weighted by molar-refractivity contribution is 6.31. The summed E-state index contributed by atoms with van der Waals surface area (Å²) < 4.78 is 16.5. The van der Waals surface area contributed by atoms with Gasteiger partial charge in [0.05, 0.1) is 38.3 Å². The van der Waals surface area contributed by atoms with Gasteiger partial charge in [-0.25, -0.2) is 4.99 Å². The molecule has 0 amide bonds. The SMILES string of the molecule is COc1ccc(N=C(c2ccc(Cl)cc2)c2c(OC)ccc3ccc(OC)cc23)cc1. The molecule has 0 saturated carbocycles. The van der Waals surface area contributed by atoms with Gasteiger partial charge in [0.25, 0.3) is 0 Å². The van der Waals surface area contributed by atoms with Gasteiger partial charge in [-0.2, -0.15) is 0 Å². The van der Waals surface area contributed by atoms with E-state index in [2.05, 4.69) is 0 Å². The molecule has 0 aromatic heterocycles. The van der Waals surface area contributed by atoms with Gasteiger partial charge in [-0.3, -0.25) is 0 Å². The van der Waals surface area contributed by atoms with Crippen LogP contribution in [0.15, 0.2) is 83.9 Å². The Morgan fingerprint density at radius 3 is 2.00 bits per heavy atom. The van der Waals surface area contributed by atoms with Crippen LogP contribution >= 0.6 is 11.6 Å². The van der Waals surface area contributed by atoms with Crippen molar-refractivity contribution in [3.63, 3.8) is 0 Å². The van der Waals surface area contributed by atoms with Crippen LogP contribution in [0.2, 0.25) is 5.02 Å². The lowest BCUT2D eigenvalue weighted by molar-refractivity contribution is 0.413. The largest absolute Gasteiger partial charge is 0.497 e. The van der Waals surface area contributed by atoms with Gasteiger partial charge in [0.15, 0.2) is 0 Å². The summed E-state index contributed by atoms with van der Waals surface area (Å²) in [6.45, 7) is 0. The third-order valence-corrected chi connectivity index (χ3v) is 5.33. The Morgan fingerprint density at radius 1 is 0.710 bits per heavy atom. The summed E-state index contributed by atoms with van der Waals surface area (Å²) in [7, 11) is 4.97. The molecule has 4 rings (SSSR count). The normalized spacial score (nSPS) is 11.4. The van der Waals surface area contributed by atoms with Crippen molar-refractivity contribution in [2.24, 2.45) is 4.99 Å². The van der Waals surface area contributed by atoms with Crippen LogP contribution in [0.1, 0.15) is 11.1 Å². The van der Waals surface area contributed by atoms with E-state index in [4.69, 9.17) is 30.8 Å². The molecule has 5 heteroatoms. The van der Waals surface area contributed by atoms with Crippen LogP contribution in [0, 0.1) is 0 Å². The first-order chi connectivity index (χ1) is 15.1. The van der Waals surface area contributed by atoms with E-state index < -0.39 is 0 Å². The van der Waals surface area contributed by atoms with Gasteiger partial charge in [0, 0.05) is 10.6 Å². The molecule has 31 heavy (non-hydrogen) atoms. The Morgan fingerprint density at radius 2 is 1.35 bits per heavy atom. The minimum Gasteiger partial charge on any atom is -0.497 e. The van der Waals surface area contributed by atoms with E-state index in [9.17, 15) is 0 Å². The van der Waals surface area contributed by atoms with Crippen LogP contribution < -0.4 is 14.2 Å². The third-order valence-electron chi connectivity index (χ3n) is 5.08. The summed E-state index contributed by atoms with van der Waals surface area (Å²) in [6, 6.07) is 25.2. The lowest BCUT2D eigenvalue weighted by atomic mass is 9.95. The van der Waals surface area contributed by atoms with Gasteiger partial charge in [-0.1, -0.05) is 35.9 Å². The predicted molar refractivity (Wildman–Crippen MR) is 127 cm³/mol. The Kier molecular flexibility index (Phi) is 6.10. The van der Waals surface area contributed by atoms with Crippen LogP contribution in [0.25, 0.3) is 10.8 Å². The highest BCUT2D eigenvalue weighted by Crippen LogP contribution is 2.34. The monoisotopic (exact) mass is 431 g/mol. The first-order valence-corrected chi connectivity index (χ1v) is 10.1. The summed E-state index contributed by atoms with van der Waals surface area (Å²) in [4.78, 5) is 5.02. The minimum atomic E-state index is 0.666. The zero-order valence-corrected chi connectivity index (χ0v) is 18.3. The second-order valence-corrected chi connectivity index (χ2v) is 7.33. The number of benzene rings is 4. The van der Waals surface area contributed by atoms with Crippen molar-refractivity contribution in [3.8, 4) is 17.2 Å². The number of hydrogen-bond donors (Lipinski definition) is 0. The van der Waals surface area contributed by atoms with E-state index in [-0.39, 0.29) is 0 Å². The van der Waals surface area contributed by atoms with Crippen molar-refractivity contribution < 1.29 is 14.2 Å². The number of methoxy groups -OCH3 is 3. The van der Waals surface area contributed by atoms with E-state index >= 15 is 0 Å². The number of ether oxygens (including phenoxy) is 3.